The molecule has 2 aromatic carbocycles. The van der Waals surface area contributed by atoms with Crippen LogP contribution in [0.1, 0.15) is 18.9 Å². The van der Waals surface area contributed by atoms with Gasteiger partial charge in [-0.1, -0.05) is 60.1 Å². The molecule has 8 heteroatoms. The van der Waals surface area contributed by atoms with E-state index in [2.05, 4.69) is 28.2 Å². The zero-order valence-corrected chi connectivity index (χ0v) is 20.2. The molecule has 0 saturated heterocycles. The summed E-state index contributed by atoms with van der Waals surface area (Å²) in [4.78, 5) is 17.4. The van der Waals surface area contributed by atoms with Gasteiger partial charge in [0.25, 0.3) is 5.91 Å². The van der Waals surface area contributed by atoms with Gasteiger partial charge in [0.05, 0.1) is 11.4 Å². The van der Waals surface area contributed by atoms with Crippen molar-refractivity contribution in [2.24, 2.45) is 5.73 Å². The number of nitrogens with two attached hydrogens (primary N) is 1. The number of amides is 1. The van der Waals surface area contributed by atoms with Gasteiger partial charge in [-0.05, 0) is 37.1 Å². The van der Waals surface area contributed by atoms with Gasteiger partial charge in [0.2, 0.25) is 5.88 Å². The molecule has 0 fully saturated rings. The number of ether oxygens (including phenoxy) is 1. The maximum absolute atomic E-state index is 12.7. The van der Waals surface area contributed by atoms with Gasteiger partial charge in [0, 0.05) is 35.5 Å². The molecule has 1 aromatic heterocycles. The first-order chi connectivity index (χ1) is 16.0. The lowest BCUT2D eigenvalue weighted by atomic mass is 10.1. The monoisotopic (exact) mass is 484 g/mol. The number of aromatic nitrogens is 1. The minimum absolute atomic E-state index is 0.00346. The van der Waals surface area contributed by atoms with E-state index in [9.17, 15) is 4.79 Å². The van der Waals surface area contributed by atoms with Crippen molar-refractivity contribution in [1.29, 1.82) is 0 Å². The molecule has 0 bridgehead atoms. The number of carbonyl (C=O) groups is 1. The maximum atomic E-state index is 12.7. The minimum atomic E-state index is -0.758. The third kappa shape index (κ3) is 7.39. The van der Waals surface area contributed by atoms with Crippen molar-refractivity contribution in [1.82, 2.24) is 10.3 Å². The molecule has 0 aliphatic rings. The highest BCUT2D eigenvalue weighted by atomic mass is 35.5. The Labute approximate surface area is 205 Å². The molecular weight excluding hydrogens is 456 g/mol. The highest BCUT2D eigenvalue weighted by molar-refractivity contribution is 7.80. The summed E-state index contributed by atoms with van der Waals surface area (Å²) in [6.45, 7) is 2.65. The molecule has 1 unspecified atom stereocenters. The molecule has 3 aromatic rings. The van der Waals surface area contributed by atoms with E-state index >= 15 is 0 Å². The standard InChI is InChI=1S/C25H29ClN4O2S/c1-17(24(31)29-15-19-9-5-6-10-21(19)26)32-25-23(28-14-13-20(27)16-33)12-11-22(30-25)18-7-3-2-4-8-18/h2-12,17,20,28,33H,13-16,27H2,1H3,(H,29,31)/t17-,20?/m1/s1. The number of benzene rings is 2. The van der Waals surface area contributed by atoms with Gasteiger partial charge in [-0.2, -0.15) is 12.6 Å². The van der Waals surface area contributed by atoms with Gasteiger partial charge < -0.3 is 21.1 Å². The normalized spacial score (nSPS) is 12.6. The van der Waals surface area contributed by atoms with Crippen LogP contribution in [0, 0.1) is 0 Å². The minimum Gasteiger partial charge on any atom is -0.463 e. The van der Waals surface area contributed by atoms with Crippen LogP contribution in [0.15, 0.2) is 66.7 Å². The summed E-state index contributed by atoms with van der Waals surface area (Å²) >= 11 is 10.4. The number of thiol groups is 1. The molecule has 4 N–H and O–H groups in total. The van der Waals surface area contributed by atoms with Crippen LogP contribution in [-0.2, 0) is 11.3 Å². The Hall–Kier alpha value is -2.74. The Morgan fingerprint density at radius 2 is 1.85 bits per heavy atom. The molecule has 33 heavy (non-hydrogen) atoms. The maximum Gasteiger partial charge on any atom is 0.261 e. The summed E-state index contributed by atoms with van der Waals surface area (Å²) in [5, 5.41) is 6.79. The van der Waals surface area contributed by atoms with Crippen LogP contribution in [-0.4, -0.2) is 35.3 Å². The molecule has 6 nitrogen and oxygen atoms in total. The molecule has 0 radical (unpaired) electrons. The van der Waals surface area contributed by atoms with Crippen LogP contribution in [0.4, 0.5) is 5.69 Å². The van der Waals surface area contributed by atoms with Crippen molar-refractivity contribution in [2.75, 3.05) is 17.6 Å². The fourth-order valence-corrected chi connectivity index (χ4v) is 3.49. The Balaban J connectivity index is 1.73. The third-order valence-electron chi connectivity index (χ3n) is 5.06. The average molecular weight is 485 g/mol. The van der Waals surface area contributed by atoms with Crippen molar-refractivity contribution < 1.29 is 9.53 Å². The van der Waals surface area contributed by atoms with Crippen LogP contribution in [0.25, 0.3) is 11.3 Å². The van der Waals surface area contributed by atoms with E-state index in [0.717, 1.165) is 23.2 Å². The first-order valence-electron chi connectivity index (χ1n) is 10.8. The molecule has 1 amide bonds. The van der Waals surface area contributed by atoms with Crippen LogP contribution in [0.3, 0.4) is 0 Å². The number of rotatable bonds is 11. The second-order valence-electron chi connectivity index (χ2n) is 7.64. The molecule has 0 saturated carbocycles. The smallest absolute Gasteiger partial charge is 0.261 e. The van der Waals surface area contributed by atoms with E-state index in [1.807, 2.05) is 60.7 Å². The zero-order valence-electron chi connectivity index (χ0n) is 18.5. The number of nitrogens with zero attached hydrogens (tertiary/aromatic N) is 1. The topological polar surface area (TPSA) is 89.3 Å². The number of carbonyl (C=O) groups excluding carboxylic acids is 1. The second-order valence-corrected chi connectivity index (χ2v) is 8.41. The van der Waals surface area contributed by atoms with Gasteiger partial charge in [-0.15, -0.1) is 0 Å². The van der Waals surface area contributed by atoms with Gasteiger partial charge in [-0.3, -0.25) is 4.79 Å². The Morgan fingerprint density at radius 1 is 1.12 bits per heavy atom. The number of nitrogens with one attached hydrogen (secondary N) is 2. The lowest BCUT2D eigenvalue weighted by Crippen LogP contribution is -2.36. The van der Waals surface area contributed by atoms with Crippen LogP contribution in [0.2, 0.25) is 5.02 Å². The lowest BCUT2D eigenvalue weighted by Gasteiger charge is -2.19. The van der Waals surface area contributed by atoms with E-state index in [4.69, 9.17) is 22.1 Å². The van der Waals surface area contributed by atoms with Crippen molar-refractivity contribution >= 4 is 35.8 Å². The zero-order chi connectivity index (χ0) is 23.6. The fourth-order valence-electron chi connectivity index (χ4n) is 3.11. The summed E-state index contributed by atoms with van der Waals surface area (Å²) < 4.78 is 6.01. The van der Waals surface area contributed by atoms with E-state index in [0.29, 0.717) is 35.4 Å². The van der Waals surface area contributed by atoms with E-state index in [-0.39, 0.29) is 11.9 Å². The van der Waals surface area contributed by atoms with Crippen molar-refractivity contribution in [3.63, 3.8) is 0 Å². The second kappa shape index (κ2) is 12.5. The van der Waals surface area contributed by atoms with Crippen LogP contribution < -0.4 is 21.1 Å². The van der Waals surface area contributed by atoms with Gasteiger partial charge in [-0.25, -0.2) is 4.98 Å². The quantitative estimate of drug-likeness (QED) is 0.300. The summed E-state index contributed by atoms with van der Waals surface area (Å²) in [5.74, 6) is 0.708. The van der Waals surface area contributed by atoms with Gasteiger partial charge in [0.1, 0.15) is 0 Å². The Bertz CT molecular complexity index is 1050. The van der Waals surface area contributed by atoms with Crippen LogP contribution >= 0.6 is 24.2 Å². The molecule has 0 aliphatic carbocycles. The first-order valence-corrected chi connectivity index (χ1v) is 11.8. The van der Waals surface area contributed by atoms with Crippen molar-refractivity contribution in [2.45, 2.75) is 32.0 Å². The molecule has 0 spiro atoms. The van der Waals surface area contributed by atoms with Crippen molar-refractivity contribution in [3.05, 3.63) is 77.3 Å². The summed E-state index contributed by atoms with van der Waals surface area (Å²) in [5.41, 5.74) is 9.22. The number of pyridine rings is 1. The summed E-state index contributed by atoms with van der Waals surface area (Å²) in [6.07, 6.45) is -0.0108. The molecule has 1 heterocycles. The summed E-state index contributed by atoms with van der Waals surface area (Å²) in [6, 6.07) is 21.0. The molecule has 0 aliphatic heterocycles. The predicted octanol–water partition coefficient (Wildman–Crippen LogP) is 4.54. The van der Waals surface area contributed by atoms with E-state index in [1.165, 1.54) is 0 Å². The SMILES string of the molecule is C[C@@H](Oc1nc(-c2ccccc2)ccc1NCCC(N)CS)C(=O)NCc1ccccc1Cl. The molecular formula is C25H29ClN4O2S. The number of anilines is 1. The molecule has 2 atom stereocenters. The highest BCUT2D eigenvalue weighted by Gasteiger charge is 2.18. The summed E-state index contributed by atoms with van der Waals surface area (Å²) in [7, 11) is 0. The Kier molecular flexibility index (Phi) is 9.42. The predicted molar refractivity (Wildman–Crippen MR) is 138 cm³/mol. The average Bonchev–Trinajstić information content (AvgIpc) is 2.84. The number of hydrogen-bond donors (Lipinski definition) is 4. The number of hydrogen-bond acceptors (Lipinski definition) is 6. The largest absolute Gasteiger partial charge is 0.463 e. The molecule has 174 valence electrons. The van der Waals surface area contributed by atoms with Crippen LogP contribution in [0.5, 0.6) is 5.88 Å². The van der Waals surface area contributed by atoms with E-state index < -0.39 is 6.10 Å². The first kappa shape index (κ1) is 24.9. The fraction of sp³-hybridized carbons (Fsp3) is 0.280. The van der Waals surface area contributed by atoms with Crippen molar-refractivity contribution in [3.8, 4) is 17.1 Å². The highest BCUT2D eigenvalue weighted by Crippen LogP contribution is 2.28. The molecule has 3 rings (SSSR count). The number of halogens is 1. The van der Waals surface area contributed by atoms with Gasteiger partial charge in [0.15, 0.2) is 6.10 Å². The third-order valence-corrected chi connectivity index (χ3v) is 5.90. The van der Waals surface area contributed by atoms with Gasteiger partial charge >= 0.3 is 0 Å². The van der Waals surface area contributed by atoms with E-state index in [1.54, 1.807) is 13.0 Å². The Morgan fingerprint density at radius 3 is 2.58 bits per heavy atom. The lowest BCUT2D eigenvalue weighted by molar-refractivity contribution is -0.127.